The number of nitriles is 1. The summed E-state index contributed by atoms with van der Waals surface area (Å²) < 4.78 is 9.23. The molecule has 0 bridgehead atoms. The summed E-state index contributed by atoms with van der Waals surface area (Å²) in [6.45, 7) is 3.08. The lowest BCUT2D eigenvalue weighted by Gasteiger charge is -2.13. The molecule has 4 aromatic rings. The van der Waals surface area contributed by atoms with Gasteiger partial charge in [0.05, 0.1) is 29.8 Å². The van der Waals surface area contributed by atoms with Crippen LogP contribution < -0.4 is 10.1 Å². The van der Waals surface area contributed by atoms with E-state index >= 15 is 0 Å². The zero-order chi connectivity index (χ0) is 20.8. The molecule has 30 heavy (non-hydrogen) atoms. The molecule has 0 aliphatic carbocycles. The maximum atomic E-state index is 9.38. The molecule has 3 aromatic heterocycles. The molecule has 0 saturated carbocycles. The number of hydrogen-bond acceptors (Lipinski definition) is 6. The highest BCUT2D eigenvalue weighted by molar-refractivity contribution is 6.31. The number of imidazole rings is 1. The molecule has 8 nitrogen and oxygen atoms in total. The van der Waals surface area contributed by atoms with E-state index in [0.717, 1.165) is 40.2 Å². The molecule has 9 heteroatoms. The number of aryl methyl sites for hydroxylation is 2. The fourth-order valence-electron chi connectivity index (χ4n) is 3.88. The summed E-state index contributed by atoms with van der Waals surface area (Å²) >= 11 is 6.46. The number of rotatable bonds is 4. The van der Waals surface area contributed by atoms with Crippen LogP contribution in [0.25, 0.3) is 16.9 Å². The van der Waals surface area contributed by atoms with Gasteiger partial charge in [0, 0.05) is 36.8 Å². The molecule has 4 heterocycles. The van der Waals surface area contributed by atoms with E-state index in [9.17, 15) is 5.26 Å². The van der Waals surface area contributed by atoms with E-state index in [4.69, 9.17) is 16.3 Å². The fraction of sp³-hybridized carbons (Fsp3) is 0.238. The zero-order valence-corrected chi connectivity index (χ0v) is 17.2. The van der Waals surface area contributed by atoms with Gasteiger partial charge in [-0.25, -0.2) is 9.97 Å². The molecule has 5 rings (SSSR count). The van der Waals surface area contributed by atoms with Gasteiger partial charge in [-0.2, -0.15) is 10.4 Å². The molecule has 1 N–H and O–H groups in total. The number of ether oxygens (including phenoxy) is 1. The smallest absolute Gasteiger partial charge is 0.208 e. The van der Waals surface area contributed by atoms with Gasteiger partial charge in [-0.1, -0.05) is 11.6 Å². The van der Waals surface area contributed by atoms with Crippen LogP contribution in [0.15, 0.2) is 30.6 Å². The van der Waals surface area contributed by atoms with E-state index in [2.05, 4.69) is 26.5 Å². The van der Waals surface area contributed by atoms with Gasteiger partial charge in [0.15, 0.2) is 11.3 Å². The van der Waals surface area contributed by atoms with Crippen molar-refractivity contribution in [3.05, 3.63) is 58.1 Å². The van der Waals surface area contributed by atoms with Crippen molar-refractivity contribution in [3.63, 3.8) is 0 Å². The molecule has 0 atom stereocenters. The van der Waals surface area contributed by atoms with E-state index in [-0.39, 0.29) is 0 Å². The molecule has 1 aliphatic rings. The van der Waals surface area contributed by atoms with Crippen molar-refractivity contribution in [1.82, 2.24) is 24.1 Å². The number of nitrogens with one attached hydrogen (secondary N) is 1. The Bertz CT molecular complexity index is 1330. The Morgan fingerprint density at radius 2 is 2.23 bits per heavy atom. The number of halogens is 1. The average Bonchev–Trinajstić information content (AvgIpc) is 3.45. The molecule has 0 fully saturated rings. The number of fused-ring (bicyclic) bond motifs is 2. The molecular formula is C21H18ClN7O. The van der Waals surface area contributed by atoms with E-state index < -0.39 is 0 Å². The topological polar surface area (TPSA) is 93.1 Å². The molecule has 0 radical (unpaired) electrons. The maximum absolute atomic E-state index is 9.38. The van der Waals surface area contributed by atoms with Crippen LogP contribution in [0.2, 0.25) is 5.02 Å². The van der Waals surface area contributed by atoms with Gasteiger partial charge in [-0.05, 0) is 30.7 Å². The molecule has 0 saturated heterocycles. The fourth-order valence-corrected chi connectivity index (χ4v) is 4.12. The standard InChI is InChI=1S/C21H18ClN7O/c1-12-7-18(28(2)27-12)16-10-25-21(29-11-13(8-23)26-20(16)29)24-9-15-14-5-6-30-19(14)4-3-17(15)22/h3-4,7,10-11H,5-6,9H2,1-2H3,(H,24,25). The van der Waals surface area contributed by atoms with Gasteiger partial charge >= 0.3 is 0 Å². The Labute approximate surface area is 177 Å². The predicted octanol–water partition coefficient (Wildman–Crippen LogP) is 3.51. The molecule has 1 aromatic carbocycles. The van der Waals surface area contributed by atoms with Gasteiger partial charge in [0.25, 0.3) is 0 Å². The van der Waals surface area contributed by atoms with Gasteiger partial charge in [-0.15, -0.1) is 0 Å². The van der Waals surface area contributed by atoms with Gasteiger partial charge in [-0.3, -0.25) is 9.08 Å². The van der Waals surface area contributed by atoms with Crippen LogP contribution in [0, 0.1) is 18.3 Å². The second kappa shape index (κ2) is 7.04. The molecule has 0 spiro atoms. The second-order valence-electron chi connectivity index (χ2n) is 7.18. The maximum Gasteiger partial charge on any atom is 0.208 e. The zero-order valence-electron chi connectivity index (χ0n) is 16.5. The SMILES string of the molecule is Cc1cc(-c2cnc(NCc3c(Cl)ccc4c3CCO4)n3cc(C#N)nc23)n(C)n1. The van der Waals surface area contributed by atoms with Crippen molar-refractivity contribution in [2.45, 2.75) is 19.9 Å². The van der Waals surface area contributed by atoms with Crippen LogP contribution in [0.4, 0.5) is 5.95 Å². The largest absolute Gasteiger partial charge is 0.493 e. The number of benzene rings is 1. The van der Waals surface area contributed by atoms with Crippen LogP contribution in [0.3, 0.4) is 0 Å². The normalized spacial score (nSPS) is 12.6. The van der Waals surface area contributed by atoms with Crippen molar-refractivity contribution in [1.29, 1.82) is 5.26 Å². The van der Waals surface area contributed by atoms with Crippen molar-refractivity contribution >= 4 is 23.2 Å². The minimum atomic E-state index is 0.318. The van der Waals surface area contributed by atoms with Crippen LogP contribution in [-0.2, 0) is 20.0 Å². The highest BCUT2D eigenvalue weighted by Crippen LogP contribution is 2.34. The third-order valence-corrected chi connectivity index (χ3v) is 5.60. The van der Waals surface area contributed by atoms with Gasteiger partial charge < -0.3 is 10.1 Å². The first-order chi connectivity index (χ1) is 14.5. The number of aromatic nitrogens is 5. The monoisotopic (exact) mass is 419 g/mol. The van der Waals surface area contributed by atoms with Crippen molar-refractivity contribution in [2.24, 2.45) is 7.05 Å². The Morgan fingerprint density at radius 1 is 1.37 bits per heavy atom. The summed E-state index contributed by atoms with van der Waals surface area (Å²) in [6, 6.07) is 7.84. The Balaban J connectivity index is 1.56. The van der Waals surface area contributed by atoms with E-state index in [1.165, 1.54) is 0 Å². The number of hydrogen-bond donors (Lipinski definition) is 1. The quantitative estimate of drug-likeness (QED) is 0.544. The highest BCUT2D eigenvalue weighted by atomic mass is 35.5. The lowest BCUT2D eigenvalue weighted by Crippen LogP contribution is -2.09. The second-order valence-corrected chi connectivity index (χ2v) is 7.58. The molecular weight excluding hydrogens is 402 g/mol. The van der Waals surface area contributed by atoms with Crippen LogP contribution in [-0.4, -0.2) is 30.8 Å². The first-order valence-corrected chi connectivity index (χ1v) is 9.89. The molecule has 0 amide bonds. The molecule has 0 unspecified atom stereocenters. The lowest BCUT2D eigenvalue weighted by molar-refractivity contribution is 0.357. The average molecular weight is 420 g/mol. The van der Waals surface area contributed by atoms with E-state index in [1.807, 2.05) is 32.2 Å². The highest BCUT2D eigenvalue weighted by Gasteiger charge is 2.20. The summed E-state index contributed by atoms with van der Waals surface area (Å²) in [7, 11) is 1.87. The first kappa shape index (κ1) is 18.5. The van der Waals surface area contributed by atoms with Crippen LogP contribution in [0.1, 0.15) is 22.5 Å². The summed E-state index contributed by atoms with van der Waals surface area (Å²) in [5.41, 5.74) is 5.66. The predicted molar refractivity (Wildman–Crippen MR) is 113 cm³/mol. The van der Waals surface area contributed by atoms with Crippen molar-refractivity contribution in [3.8, 4) is 23.1 Å². The van der Waals surface area contributed by atoms with Crippen LogP contribution in [0.5, 0.6) is 5.75 Å². The number of nitrogens with zero attached hydrogens (tertiary/aromatic N) is 6. The lowest BCUT2D eigenvalue weighted by atomic mass is 10.1. The summed E-state index contributed by atoms with van der Waals surface area (Å²) in [4.78, 5) is 9.09. The summed E-state index contributed by atoms with van der Waals surface area (Å²) in [5.74, 6) is 1.46. The van der Waals surface area contributed by atoms with E-state index in [0.29, 0.717) is 35.5 Å². The van der Waals surface area contributed by atoms with Crippen molar-refractivity contribution in [2.75, 3.05) is 11.9 Å². The first-order valence-electron chi connectivity index (χ1n) is 9.51. The van der Waals surface area contributed by atoms with E-state index in [1.54, 1.807) is 21.5 Å². The Kier molecular flexibility index (Phi) is 4.33. The summed E-state index contributed by atoms with van der Waals surface area (Å²) in [5, 5.41) is 17.8. The van der Waals surface area contributed by atoms with Crippen molar-refractivity contribution < 1.29 is 4.74 Å². The minimum absolute atomic E-state index is 0.318. The van der Waals surface area contributed by atoms with Gasteiger partial charge in [0.2, 0.25) is 5.95 Å². The molecule has 150 valence electrons. The Hall–Kier alpha value is -3.57. The van der Waals surface area contributed by atoms with Crippen LogP contribution >= 0.6 is 11.6 Å². The van der Waals surface area contributed by atoms with Gasteiger partial charge in [0.1, 0.15) is 11.8 Å². The minimum Gasteiger partial charge on any atom is -0.493 e. The molecule has 1 aliphatic heterocycles. The third kappa shape index (κ3) is 2.95. The third-order valence-electron chi connectivity index (χ3n) is 5.25. The Morgan fingerprint density at radius 3 is 3.00 bits per heavy atom. The summed E-state index contributed by atoms with van der Waals surface area (Å²) in [6.07, 6.45) is 4.26. The number of anilines is 1.